The lowest BCUT2D eigenvalue weighted by atomic mass is 10.0. The lowest BCUT2D eigenvalue weighted by Crippen LogP contribution is -2.25. The molecular formula is C24H29N3O3. The highest BCUT2D eigenvalue weighted by molar-refractivity contribution is 5.90. The summed E-state index contributed by atoms with van der Waals surface area (Å²) in [5.74, 6) is -0.302. The minimum Gasteiger partial charge on any atom is -0.356 e. The number of carbonyl (C=O) groups is 2. The average Bonchev–Trinajstić information content (AvgIpc) is 3.15. The normalized spacial score (nSPS) is 10.8. The molecule has 0 aliphatic rings. The van der Waals surface area contributed by atoms with Crippen molar-refractivity contribution in [2.75, 3.05) is 6.54 Å². The highest BCUT2D eigenvalue weighted by atomic mass is 16.5. The predicted molar refractivity (Wildman–Crippen MR) is 118 cm³/mol. The minimum absolute atomic E-state index is 0.0594. The summed E-state index contributed by atoms with van der Waals surface area (Å²) in [6.45, 7) is 0.594. The summed E-state index contributed by atoms with van der Waals surface area (Å²) in [6.07, 6.45) is 4.86. The Kier molecular flexibility index (Phi) is 8.03. The molecule has 1 heterocycles. The SMILES string of the molecule is O=C(CCCCCCC(=O)NCCc1c(-c2ccccc2)[nH]c2ccccc12)NO. The molecular weight excluding hydrogens is 378 g/mol. The predicted octanol–water partition coefficient (Wildman–Crippen LogP) is 4.34. The van der Waals surface area contributed by atoms with Crippen LogP contribution >= 0.6 is 0 Å². The van der Waals surface area contributed by atoms with Crippen molar-refractivity contribution in [3.05, 3.63) is 60.2 Å². The number of fused-ring (bicyclic) bond motifs is 1. The smallest absolute Gasteiger partial charge is 0.243 e. The maximum absolute atomic E-state index is 12.2. The van der Waals surface area contributed by atoms with Gasteiger partial charge in [-0.2, -0.15) is 0 Å². The minimum atomic E-state index is -0.361. The van der Waals surface area contributed by atoms with E-state index >= 15 is 0 Å². The van der Waals surface area contributed by atoms with Gasteiger partial charge in [-0.25, -0.2) is 5.48 Å². The Morgan fingerprint density at radius 3 is 2.23 bits per heavy atom. The number of aromatic amines is 1. The second-order valence-electron chi connectivity index (χ2n) is 7.44. The van der Waals surface area contributed by atoms with E-state index in [1.165, 1.54) is 10.9 Å². The van der Waals surface area contributed by atoms with Crippen molar-refractivity contribution in [2.24, 2.45) is 0 Å². The number of hydrogen-bond acceptors (Lipinski definition) is 3. The summed E-state index contributed by atoms with van der Waals surface area (Å²) in [7, 11) is 0. The molecule has 0 aliphatic heterocycles. The lowest BCUT2D eigenvalue weighted by molar-refractivity contribution is -0.129. The van der Waals surface area contributed by atoms with Crippen molar-refractivity contribution in [1.29, 1.82) is 0 Å². The van der Waals surface area contributed by atoms with Gasteiger partial charge in [0.25, 0.3) is 0 Å². The number of rotatable bonds is 11. The Labute approximate surface area is 176 Å². The van der Waals surface area contributed by atoms with Gasteiger partial charge < -0.3 is 10.3 Å². The molecule has 0 saturated carbocycles. The number of aromatic nitrogens is 1. The molecule has 3 aromatic rings. The molecule has 0 unspecified atom stereocenters. The van der Waals surface area contributed by atoms with E-state index in [1.807, 2.05) is 30.3 Å². The molecule has 0 saturated heterocycles. The van der Waals surface area contributed by atoms with Gasteiger partial charge in [0.2, 0.25) is 11.8 Å². The monoisotopic (exact) mass is 407 g/mol. The third-order valence-corrected chi connectivity index (χ3v) is 5.26. The first-order chi connectivity index (χ1) is 14.7. The fraction of sp³-hybridized carbons (Fsp3) is 0.333. The van der Waals surface area contributed by atoms with Gasteiger partial charge in [0, 0.05) is 36.0 Å². The van der Waals surface area contributed by atoms with Crippen LogP contribution in [0.5, 0.6) is 0 Å². The van der Waals surface area contributed by atoms with Crippen LogP contribution in [0.25, 0.3) is 22.2 Å². The molecule has 0 bridgehead atoms. The maximum atomic E-state index is 12.2. The first-order valence-electron chi connectivity index (χ1n) is 10.5. The highest BCUT2D eigenvalue weighted by Gasteiger charge is 2.13. The fourth-order valence-corrected chi connectivity index (χ4v) is 3.71. The fourth-order valence-electron chi connectivity index (χ4n) is 3.71. The number of unbranched alkanes of at least 4 members (excludes halogenated alkanes) is 3. The van der Waals surface area contributed by atoms with Crippen LogP contribution in [0.2, 0.25) is 0 Å². The molecule has 1 aromatic heterocycles. The quantitative estimate of drug-likeness (QED) is 0.216. The summed E-state index contributed by atoms with van der Waals surface area (Å²) in [5, 5.41) is 12.7. The third kappa shape index (κ3) is 5.94. The number of amides is 2. The van der Waals surface area contributed by atoms with Gasteiger partial charge in [-0.05, 0) is 36.5 Å². The van der Waals surface area contributed by atoms with Crippen molar-refractivity contribution in [2.45, 2.75) is 44.9 Å². The first-order valence-corrected chi connectivity index (χ1v) is 10.5. The van der Waals surface area contributed by atoms with Gasteiger partial charge in [0.05, 0.1) is 0 Å². The molecule has 3 rings (SSSR count). The highest BCUT2D eigenvalue weighted by Crippen LogP contribution is 2.30. The van der Waals surface area contributed by atoms with Gasteiger partial charge in [0.15, 0.2) is 0 Å². The number of hydroxylamine groups is 1. The van der Waals surface area contributed by atoms with Crippen molar-refractivity contribution in [3.63, 3.8) is 0 Å². The molecule has 2 amide bonds. The Morgan fingerprint density at radius 2 is 1.50 bits per heavy atom. The van der Waals surface area contributed by atoms with E-state index in [-0.39, 0.29) is 11.8 Å². The number of hydrogen-bond donors (Lipinski definition) is 4. The first kappa shape index (κ1) is 21.6. The van der Waals surface area contributed by atoms with E-state index < -0.39 is 0 Å². The van der Waals surface area contributed by atoms with Crippen LogP contribution in [0, 0.1) is 0 Å². The zero-order chi connectivity index (χ0) is 21.2. The second kappa shape index (κ2) is 11.2. The molecule has 0 spiro atoms. The third-order valence-electron chi connectivity index (χ3n) is 5.26. The van der Waals surface area contributed by atoms with Crippen LogP contribution in [0.15, 0.2) is 54.6 Å². The number of para-hydroxylation sites is 1. The average molecular weight is 408 g/mol. The largest absolute Gasteiger partial charge is 0.356 e. The van der Waals surface area contributed by atoms with Gasteiger partial charge in [-0.3, -0.25) is 14.8 Å². The molecule has 6 nitrogen and oxygen atoms in total. The summed E-state index contributed by atoms with van der Waals surface area (Å²) < 4.78 is 0. The molecule has 0 aliphatic carbocycles. The van der Waals surface area contributed by atoms with Crippen LogP contribution in [0.1, 0.15) is 44.1 Å². The van der Waals surface area contributed by atoms with E-state index in [1.54, 1.807) is 5.48 Å². The summed E-state index contributed by atoms with van der Waals surface area (Å²) >= 11 is 0. The number of H-pyrrole nitrogens is 1. The van der Waals surface area contributed by atoms with Crippen molar-refractivity contribution < 1.29 is 14.8 Å². The molecule has 0 atom stereocenters. The Bertz CT molecular complexity index is 966. The van der Waals surface area contributed by atoms with E-state index in [9.17, 15) is 9.59 Å². The van der Waals surface area contributed by atoms with E-state index in [4.69, 9.17) is 5.21 Å². The number of nitrogens with one attached hydrogen (secondary N) is 3. The van der Waals surface area contributed by atoms with E-state index in [0.717, 1.165) is 48.9 Å². The maximum Gasteiger partial charge on any atom is 0.243 e. The van der Waals surface area contributed by atoms with Crippen LogP contribution in [0.4, 0.5) is 0 Å². The topological polar surface area (TPSA) is 94.2 Å². The van der Waals surface area contributed by atoms with Crippen LogP contribution in [0.3, 0.4) is 0 Å². The zero-order valence-corrected chi connectivity index (χ0v) is 17.1. The van der Waals surface area contributed by atoms with Gasteiger partial charge >= 0.3 is 0 Å². The van der Waals surface area contributed by atoms with Crippen LogP contribution in [-0.2, 0) is 16.0 Å². The summed E-state index contributed by atoms with van der Waals surface area (Å²) in [4.78, 5) is 26.6. The molecule has 0 radical (unpaired) electrons. The molecule has 6 heteroatoms. The lowest BCUT2D eigenvalue weighted by Gasteiger charge is -2.08. The number of carbonyl (C=O) groups excluding carboxylic acids is 2. The summed E-state index contributed by atoms with van der Waals surface area (Å²) in [6, 6.07) is 18.5. The van der Waals surface area contributed by atoms with Crippen molar-refractivity contribution >= 4 is 22.7 Å². The van der Waals surface area contributed by atoms with Crippen LogP contribution < -0.4 is 10.8 Å². The summed E-state index contributed by atoms with van der Waals surface area (Å²) in [5.41, 5.74) is 6.21. The molecule has 2 aromatic carbocycles. The van der Waals surface area contributed by atoms with E-state index in [2.05, 4.69) is 34.6 Å². The van der Waals surface area contributed by atoms with E-state index in [0.29, 0.717) is 19.4 Å². The Hall–Kier alpha value is -3.12. The Balaban J connectivity index is 1.49. The van der Waals surface area contributed by atoms with Gasteiger partial charge in [-0.1, -0.05) is 61.4 Å². The molecule has 4 N–H and O–H groups in total. The molecule has 158 valence electrons. The van der Waals surface area contributed by atoms with Gasteiger partial charge in [-0.15, -0.1) is 0 Å². The zero-order valence-electron chi connectivity index (χ0n) is 17.1. The Morgan fingerprint density at radius 1 is 0.833 bits per heavy atom. The van der Waals surface area contributed by atoms with Crippen LogP contribution in [-0.4, -0.2) is 28.6 Å². The van der Waals surface area contributed by atoms with Crippen molar-refractivity contribution in [3.8, 4) is 11.3 Å². The number of benzene rings is 2. The standard InChI is InChI=1S/C24H29N3O3/c28-22(14-6-1-2-7-15-23(29)27-30)25-17-16-20-19-12-8-9-13-21(19)26-24(20)18-10-4-3-5-11-18/h3-5,8-13,26,30H,1-2,6-7,14-17H2,(H,25,28)(H,27,29). The van der Waals surface area contributed by atoms with Gasteiger partial charge in [0.1, 0.15) is 0 Å². The second-order valence-corrected chi connectivity index (χ2v) is 7.44. The molecule has 30 heavy (non-hydrogen) atoms. The molecule has 0 fully saturated rings. The van der Waals surface area contributed by atoms with Crippen molar-refractivity contribution in [1.82, 2.24) is 15.8 Å².